The molecule has 0 fully saturated rings. The number of carbonyl (C=O) groups excluding carboxylic acids is 1. The fourth-order valence-corrected chi connectivity index (χ4v) is 6.95. The molecule has 0 aliphatic carbocycles. The topological polar surface area (TPSA) is 17.1 Å². The van der Waals surface area contributed by atoms with Gasteiger partial charge in [-0.25, -0.2) is 0 Å². The minimum atomic E-state index is 0.199. The number of hydrogen-bond acceptors (Lipinski definition) is 3. The van der Waals surface area contributed by atoms with Crippen LogP contribution in [0.2, 0.25) is 0 Å². The van der Waals surface area contributed by atoms with Crippen molar-refractivity contribution < 1.29 is 4.79 Å². The van der Waals surface area contributed by atoms with E-state index in [-0.39, 0.29) is 6.71 Å². The summed E-state index contributed by atoms with van der Waals surface area (Å²) in [5.74, 6) is 0. The lowest BCUT2D eigenvalue weighted by molar-refractivity contribution is 0.112. The van der Waals surface area contributed by atoms with E-state index >= 15 is 0 Å². The summed E-state index contributed by atoms with van der Waals surface area (Å²) in [6.45, 7) is 13.5. The molecule has 0 atom stereocenters. The van der Waals surface area contributed by atoms with Gasteiger partial charge in [-0.05, 0) is 64.5 Å². The molecule has 4 aromatic rings. The molecule has 0 saturated carbocycles. The summed E-state index contributed by atoms with van der Waals surface area (Å²) in [5.41, 5.74) is 10.8. The molecule has 4 rings (SSSR count). The summed E-state index contributed by atoms with van der Waals surface area (Å²) in [7, 11) is 0. The summed E-state index contributed by atoms with van der Waals surface area (Å²) in [4.78, 5) is 14.3. The number of carbonyl (C=O) groups is 1. The van der Waals surface area contributed by atoms with Crippen LogP contribution in [0.25, 0.3) is 9.75 Å². The molecule has 156 valence electrons. The van der Waals surface area contributed by atoms with E-state index < -0.39 is 0 Å². The Kier molecular flexibility index (Phi) is 6.05. The van der Waals surface area contributed by atoms with Crippen LogP contribution < -0.4 is 15.7 Å². The van der Waals surface area contributed by atoms with E-state index in [1.807, 2.05) is 17.4 Å². The van der Waals surface area contributed by atoms with Crippen LogP contribution in [0.3, 0.4) is 0 Å². The van der Waals surface area contributed by atoms with Crippen LogP contribution in [0, 0.1) is 41.5 Å². The Morgan fingerprint density at radius 1 is 0.645 bits per heavy atom. The van der Waals surface area contributed by atoms with E-state index in [0.717, 1.165) is 16.0 Å². The van der Waals surface area contributed by atoms with Gasteiger partial charge in [0.15, 0.2) is 6.29 Å². The molecule has 2 heterocycles. The quantitative estimate of drug-likeness (QED) is 0.288. The van der Waals surface area contributed by atoms with Crippen molar-refractivity contribution in [2.24, 2.45) is 0 Å². The molecule has 0 aliphatic heterocycles. The fourth-order valence-electron chi connectivity index (χ4n) is 4.91. The minimum absolute atomic E-state index is 0.199. The molecule has 0 spiro atoms. The third-order valence-corrected chi connectivity index (χ3v) is 8.31. The average molecular weight is 442 g/mol. The van der Waals surface area contributed by atoms with Crippen molar-refractivity contribution in [2.75, 3.05) is 0 Å². The molecular weight excluding hydrogens is 415 g/mol. The summed E-state index contributed by atoms with van der Waals surface area (Å²) in [5, 5.41) is 0. The molecule has 0 bridgehead atoms. The van der Waals surface area contributed by atoms with Gasteiger partial charge in [-0.3, -0.25) is 4.79 Å². The minimum Gasteiger partial charge on any atom is -0.297 e. The molecule has 1 nitrogen and oxygen atoms in total. The molecule has 0 radical (unpaired) electrons. The highest BCUT2D eigenvalue weighted by Gasteiger charge is 2.30. The second-order valence-electron chi connectivity index (χ2n) is 8.58. The average Bonchev–Trinajstić information content (AvgIpc) is 3.34. The van der Waals surface area contributed by atoms with Crippen molar-refractivity contribution in [1.82, 2.24) is 0 Å². The summed E-state index contributed by atoms with van der Waals surface area (Å²) in [6.07, 6.45) is 0.934. The number of benzene rings is 2. The van der Waals surface area contributed by atoms with Crippen LogP contribution in [0.4, 0.5) is 0 Å². The molecule has 0 aliphatic rings. The zero-order valence-corrected chi connectivity index (χ0v) is 20.6. The Morgan fingerprint density at radius 3 is 1.55 bits per heavy atom. The molecule has 0 saturated heterocycles. The molecule has 0 amide bonds. The van der Waals surface area contributed by atoms with Crippen LogP contribution in [0.5, 0.6) is 0 Å². The van der Waals surface area contributed by atoms with Crippen molar-refractivity contribution in [3.8, 4) is 9.75 Å². The van der Waals surface area contributed by atoms with E-state index in [0.29, 0.717) is 0 Å². The van der Waals surface area contributed by atoms with Gasteiger partial charge in [-0.1, -0.05) is 74.6 Å². The molecule has 4 heteroatoms. The maximum atomic E-state index is 11.2. The van der Waals surface area contributed by atoms with E-state index in [9.17, 15) is 4.79 Å². The van der Waals surface area contributed by atoms with Crippen LogP contribution in [0.1, 0.15) is 43.1 Å². The van der Waals surface area contributed by atoms with Gasteiger partial charge in [0.1, 0.15) is 0 Å². The highest BCUT2D eigenvalue weighted by molar-refractivity contribution is 7.31. The van der Waals surface area contributed by atoms with E-state index in [2.05, 4.69) is 84.0 Å². The van der Waals surface area contributed by atoms with Gasteiger partial charge in [0.2, 0.25) is 0 Å². The number of aldehydes is 1. The fraction of sp³-hybridized carbons (Fsp3) is 0.222. The zero-order chi connectivity index (χ0) is 22.3. The first kappa shape index (κ1) is 21.8. The second kappa shape index (κ2) is 8.60. The van der Waals surface area contributed by atoms with Crippen LogP contribution in [-0.4, -0.2) is 13.0 Å². The second-order valence-corrected chi connectivity index (χ2v) is 10.8. The SMILES string of the molecule is Cc1cc(C)c(B(c2ccc(-c3ccc(C=O)s3)s2)c2c(C)cc(C)cc2C)c(C)c1. The molecular formula is C27H27BOS2. The van der Waals surface area contributed by atoms with E-state index in [1.54, 1.807) is 11.3 Å². The summed E-state index contributed by atoms with van der Waals surface area (Å²) >= 11 is 3.41. The number of hydrogen-bond donors (Lipinski definition) is 0. The first-order valence-corrected chi connectivity index (χ1v) is 12.2. The smallest absolute Gasteiger partial charge is 0.255 e. The molecule has 31 heavy (non-hydrogen) atoms. The van der Waals surface area contributed by atoms with Gasteiger partial charge in [-0.2, -0.15) is 0 Å². The third kappa shape index (κ3) is 4.19. The monoisotopic (exact) mass is 442 g/mol. The van der Waals surface area contributed by atoms with Gasteiger partial charge in [0.25, 0.3) is 6.71 Å². The predicted molar refractivity (Wildman–Crippen MR) is 139 cm³/mol. The molecule has 0 N–H and O–H groups in total. The lowest BCUT2D eigenvalue weighted by Gasteiger charge is -2.23. The Hall–Kier alpha value is -2.43. The Morgan fingerprint density at radius 2 is 1.10 bits per heavy atom. The lowest BCUT2D eigenvalue weighted by Crippen LogP contribution is -2.54. The van der Waals surface area contributed by atoms with Gasteiger partial charge in [0, 0.05) is 9.75 Å². The van der Waals surface area contributed by atoms with Crippen molar-refractivity contribution in [3.05, 3.63) is 86.8 Å². The van der Waals surface area contributed by atoms with Crippen molar-refractivity contribution in [1.29, 1.82) is 0 Å². The Labute approximate surface area is 193 Å². The normalized spacial score (nSPS) is 11.0. The van der Waals surface area contributed by atoms with Crippen molar-refractivity contribution >= 4 is 51.4 Å². The Balaban J connectivity index is 1.94. The molecule has 2 aromatic heterocycles. The van der Waals surface area contributed by atoms with Gasteiger partial charge in [-0.15, -0.1) is 22.7 Å². The maximum Gasteiger partial charge on any atom is 0.255 e. The van der Waals surface area contributed by atoms with Gasteiger partial charge in [0.05, 0.1) is 4.88 Å². The lowest BCUT2D eigenvalue weighted by atomic mass is 9.37. The maximum absolute atomic E-state index is 11.2. The van der Waals surface area contributed by atoms with Crippen molar-refractivity contribution in [2.45, 2.75) is 41.5 Å². The largest absolute Gasteiger partial charge is 0.297 e. The van der Waals surface area contributed by atoms with Crippen LogP contribution in [0.15, 0.2) is 48.5 Å². The Bertz CT molecular complexity index is 1170. The predicted octanol–water partition coefficient (Wildman–Crippen LogP) is 5.66. The van der Waals surface area contributed by atoms with Gasteiger partial charge < -0.3 is 0 Å². The van der Waals surface area contributed by atoms with Crippen molar-refractivity contribution in [3.63, 3.8) is 0 Å². The zero-order valence-electron chi connectivity index (χ0n) is 19.0. The highest BCUT2D eigenvalue weighted by atomic mass is 32.1. The molecule has 0 unspecified atom stereocenters. The third-order valence-electron chi connectivity index (χ3n) is 5.95. The summed E-state index contributed by atoms with van der Waals surface area (Å²) in [6, 6.07) is 17.7. The standard InChI is InChI=1S/C27H27BOS2/c1-16-11-18(3)26(19(4)12-16)28(27-20(5)13-17(2)14-21(27)6)25-10-9-24(31-25)23-8-7-22(15-29)30-23/h7-15H,1-6H3. The number of rotatable bonds is 5. The van der Waals surface area contributed by atoms with Crippen LogP contribution in [-0.2, 0) is 0 Å². The molecule has 2 aromatic carbocycles. The van der Waals surface area contributed by atoms with Crippen LogP contribution >= 0.6 is 22.7 Å². The number of thiophene rings is 2. The first-order valence-electron chi connectivity index (χ1n) is 10.6. The van der Waals surface area contributed by atoms with E-state index in [1.165, 1.54) is 54.0 Å². The summed E-state index contributed by atoms with van der Waals surface area (Å²) < 4.78 is 1.35. The number of aryl methyl sites for hydroxylation is 6. The highest BCUT2D eigenvalue weighted by Crippen LogP contribution is 2.30. The van der Waals surface area contributed by atoms with Gasteiger partial charge >= 0.3 is 0 Å². The first-order chi connectivity index (χ1) is 14.8. The van der Waals surface area contributed by atoms with E-state index in [4.69, 9.17) is 0 Å².